The van der Waals surface area contributed by atoms with Gasteiger partial charge in [-0.05, 0) is 32.9 Å². The Hall–Kier alpha value is -0.870. The van der Waals surface area contributed by atoms with Crippen LogP contribution in [0.1, 0.15) is 26.3 Å². The molecule has 3 nitrogen and oxygen atoms in total. The minimum absolute atomic E-state index is 0.373. The van der Waals surface area contributed by atoms with Crippen molar-refractivity contribution in [2.75, 3.05) is 7.11 Å². The van der Waals surface area contributed by atoms with E-state index in [-0.39, 0.29) is 4.75 Å². The number of nitrogens with zero attached hydrogens (tertiary/aromatic N) is 1. The maximum absolute atomic E-state index is 11.8. The lowest BCUT2D eigenvalue weighted by Gasteiger charge is -2.13. The van der Waals surface area contributed by atoms with E-state index in [1.165, 1.54) is 6.21 Å². The van der Waals surface area contributed by atoms with Crippen LogP contribution in [0.3, 0.4) is 0 Å². The van der Waals surface area contributed by atoms with Crippen LogP contribution < -0.4 is 4.74 Å². The average molecular weight is 274 g/mol. The second-order valence-electron chi connectivity index (χ2n) is 4.46. The summed E-state index contributed by atoms with van der Waals surface area (Å²) in [5, 5.41) is 0.512. The molecular weight excluding hydrogens is 258 g/mol. The fourth-order valence-corrected chi connectivity index (χ4v) is 1.89. The number of rotatable bonds is 3. The first kappa shape index (κ1) is 14.2. The van der Waals surface area contributed by atoms with E-state index in [1.807, 2.05) is 26.8 Å². The molecule has 0 aliphatic rings. The van der Waals surface area contributed by atoms with Crippen molar-refractivity contribution in [3.8, 4) is 5.75 Å². The number of halogens is 1. The number of ether oxygens (including phenoxy) is 1. The van der Waals surface area contributed by atoms with Crippen LogP contribution in [0.25, 0.3) is 0 Å². The van der Waals surface area contributed by atoms with Gasteiger partial charge in [0.2, 0.25) is 0 Å². The molecule has 0 bridgehead atoms. The van der Waals surface area contributed by atoms with Crippen molar-refractivity contribution in [1.29, 1.82) is 0 Å². The number of benzene rings is 1. The first-order valence-electron chi connectivity index (χ1n) is 5.15. The van der Waals surface area contributed by atoms with Gasteiger partial charge in [-0.1, -0.05) is 17.7 Å². The summed E-state index contributed by atoms with van der Waals surface area (Å²) in [5.41, 5.74) is 0.720. The molecule has 1 atom stereocenters. The molecule has 1 unspecified atom stereocenters. The molecule has 0 amide bonds. The van der Waals surface area contributed by atoms with Crippen molar-refractivity contribution in [1.82, 2.24) is 0 Å². The summed E-state index contributed by atoms with van der Waals surface area (Å²) in [6.45, 7) is 5.61. The van der Waals surface area contributed by atoms with Gasteiger partial charge in [-0.2, -0.15) is 4.40 Å². The average Bonchev–Trinajstić information content (AvgIpc) is 2.24. The molecule has 0 fully saturated rings. The van der Waals surface area contributed by atoms with Gasteiger partial charge in [-0.15, -0.1) is 0 Å². The van der Waals surface area contributed by atoms with Crippen LogP contribution in [0.5, 0.6) is 5.75 Å². The zero-order valence-corrected chi connectivity index (χ0v) is 11.9. The minimum atomic E-state index is -1.28. The van der Waals surface area contributed by atoms with E-state index < -0.39 is 11.0 Å². The largest absolute Gasteiger partial charge is 0.495 e. The summed E-state index contributed by atoms with van der Waals surface area (Å²) >= 11 is 5.97. The Morgan fingerprint density at radius 3 is 2.59 bits per heavy atom. The Kier molecular flexibility index (Phi) is 4.71. The number of hydrogen-bond donors (Lipinski definition) is 0. The molecule has 0 aliphatic carbocycles. The van der Waals surface area contributed by atoms with Gasteiger partial charge in [0, 0.05) is 11.8 Å². The van der Waals surface area contributed by atoms with Crippen LogP contribution >= 0.6 is 11.6 Å². The van der Waals surface area contributed by atoms with Crippen LogP contribution in [0.4, 0.5) is 0 Å². The Morgan fingerprint density at radius 1 is 1.41 bits per heavy atom. The highest BCUT2D eigenvalue weighted by Crippen LogP contribution is 2.27. The van der Waals surface area contributed by atoms with E-state index in [9.17, 15) is 4.21 Å². The Bertz CT molecular complexity index is 452. The molecule has 0 radical (unpaired) electrons. The highest BCUT2D eigenvalue weighted by Gasteiger charge is 2.18. The highest BCUT2D eigenvalue weighted by atomic mass is 35.5. The number of para-hydroxylation sites is 1. The van der Waals surface area contributed by atoms with Crippen LogP contribution in [0.2, 0.25) is 5.02 Å². The van der Waals surface area contributed by atoms with Crippen LogP contribution in [-0.4, -0.2) is 22.3 Å². The first-order chi connectivity index (χ1) is 7.86. The summed E-state index contributed by atoms with van der Waals surface area (Å²) in [5.74, 6) is 0.545. The van der Waals surface area contributed by atoms with Gasteiger partial charge in [-0.3, -0.25) is 0 Å². The standard InChI is InChI=1S/C12H16ClNO2S/c1-12(2,3)17(15)14-8-9-6-5-7-10(13)11(9)16-4/h5-8H,1-4H3. The predicted molar refractivity (Wildman–Crippen MR) is 73.5 cm³/mol. The topological polar surface area (TPSA) is 38.7 Å². The van der Waals surface area contributed by atoms with Crippen LogP contribution in [-0.2, 0) is 11.0 Å². The molecular formula is C12H16ClNO2S. The van der Waals surface area contributed by atoms with E-state index >= 15 is 0 Å². The molecule has 1 aromatic rings. The molecule has 0 saturated heterocycles. The van der Waals surface area contributed by atoms with Gasteiger partial charge < -0.3 is 4.74 Å². The molecule has 0 saturated carbocycles. The molecule has 5 heteroatoms. The van der Waals surface area contributed by atoms with E-state index in [0.717, 1.165) is 5.56 Å². The summed E-state index contributed by atoms with van der Waals surface area (Å²) in [4.78, 5) is 0. The molecule has 0 N–H and O–H groups in total. The second-order valence-corrected chi connectivity index (χ2v) is 6.80. The normalized spacial score (nSPS) is 13.9. The third-order valence-corrected chi connectivity index (χ3v) is 3.66. The molecule has 0 spiro atoms. The fraction of sp³-hybridized carbons (Fsp3) is 0.417. The van der Waals surface area contributed by atoms with E-state index in [4.69, 9.17) is 16.3 Å². The van der Waals surface area contributed by atoms with Gasteiger partial charge >= 0.3 is 0 Å². The Labute approximate surface area is 109 Å². The summed E-state index contributed by atoms with van der Waals surface area (Å²) in [6.07, 6.45) is 1.53. The molecule has 0 aromatic heterocycles. The maximum atomic E-state index is 11.8. The SMILES string of the molecule is COc1c(Cl)cccc1C=NS(=O)C(C)(C)C. The lowest BCUT2D eigenvalue weighted by Crippen LogP contribution is -2.19. The monoisotopic (exact) mass is 273 g/mol. The van der Waals surface area contributed by atoms with Crippen LogP contribution in [0.15, 0.2) is 22.6 Å². The van der Waals surface area contributed by atoms with Crippen molar-refractivity contribution in [2.24, 2.45) is 4.40 Å². The second kappa shape index (κ2) is 5.65. The summed E-state index contributed by atoms with van der Waals surface area (Å²) in [7, 11) is 0.257. The minimum Gasteiger partial charge on any atom is -0.495 e. The third kappa shape index (κ3) is 3.82. The van der Waals surface area contributed by atoms with Crippen molar-refractivity contribution in [3.63, 3.8) is 0 Å². The molecule has 94 valence electrons. The number of hydrogen-bond acceptors (Lipinski definition) is 2. The van der Waals surface area contributed by atoms with Crippen molar-refractivity contribution >= 4 is 28.8 Å². The highest BCUT2D eigenvalue weighted by molar-refractivity contribution is 7.85. The van der Waals surface area contributed by atoms with E-state index in [1.54, 1.807) is 19.2 Å². The quantitative estimate of drug-likeness (QED) is 0.793. The summed E-state index contributed by atoms with van der Waals surface area (Å²) in [6, 6.07) is 5.35. The lowest BCUT2D eigenvalue weighted by molar-refractivity contribution is 0.414. The van der Waals surface area contributed by atoms with Gasteiger partial charge in [-0.25, -0.2) is 4.21 Å². The molecule has 0 heterocycles. The fourth-order valence-electron chi connectivity index (χ4n) is 1.11. The molecule has 1 aromatic carbocycles. The van der Waals surface area contributed by atoms with Gasteiger partial charge in [0.25, 0.3) is 0 Å². The Morgan fingerprint density at radius 2 is 2.06 bits per heavy atom. The summed E-state index contributed by atoms with van der Waals surface area (Å²) < 4.78 is 20.6. The van der Waals surface area contributed by atoms with E-state index in [0.29, 0.717) is 10.8 Å². The van der Waals surface area contributed by atoms with E-state index in [2.05, 4.69) is 4.40 Å². The zero-order chi connectivity index (χ0) is 13.1. The zero-order valence-electron chi connectivity index (χ0n) is 10.4. The van der Waals surface area contributed by atoms with Crippen LogP contribution in [0, 0.1) is 0 Å². The maximum Gasteiger partial charge on any atom is 0.146 e. The van der Waals surface area contributed by atoms with Gasteiger partial charge in [0.1, 0.15) is 16.7 Å². The van der Waals surface area contributed by atoms with Gasteiger partial charge in [0.05, 0.1) is 16.9 Å². The smallest absolute Gasteiger partial charge is 0.146 e. The predicted octanol–water partition coefficient (Wildman–Crippen LogP) is 3.23. The first-order valence-corrected chi connectivity index (χ1v) is 6.63. The number of methoxy groups -OCH3 is 1. The molecule has 1 rings (SSSR count). The van der Waals surface area contributed by atoms with Crippen molar-refractivity contribution < 1.29 is 8.95 Å². The van der Waals surface area contributed by atoms with Crippen molar-refractivity contribution in [2.45, 2.75) is 25.5 Å². The van der Waals surface area contributed by atoms with Crippen molar-refractivity contribution in [3.05, 3.63) is 28.8 Å². The molecule has 0 aliphatic heterocycles. The Balaban J connectivity index is 3.00. The molecule has 17 heavy (non-hydrogen) atoms. The van der Waals surface area contributed by atoms with Gasteiger partial charge in [0.15, 0.2) is 0 Å². The third-order valence-electron chi connectivity index (χ3n) is 2.01. The lowest BCUT2D eigenvalue weighted by atomic mass is 10.2.